The molecule has 5 aromatic rings. The fourth-order valence-electron chi connectivity index (χ4n) is 5.01. The smallest absolute Gasteiger partial charge is 0.411 e. The normalized spacial score (nSPS) is 14.5. The zero-order valence-corrected chi connectivity index (χ0v) is 24.0. The maximum Gasteiger partial charge on any atom is 0.411 e. The number of oxazole rings is 1. The van der Waals surface area contributed by atoms with Gasteiger partial charge in [-0.3, -0.25) is 20.0 Å². The van der Waals surface area contributed by atoms with Gasteiger partial charge in [0.05, 0.1) is 19.0 Å². The number of aryl methyl sites for hydroxylation is 1. The van der Waals surface area contributed by atoms with Crippen LogP contribution >= 0.6 is 11.6 Å². The Morgan fingerprint density at radius 3 is 2.63 bits per heavy atom. The van der Waals surface area contributed by atoms with Crippen molar-refractivity contribution in [2.75, 3.05) is 44.0 Å². The van der Waals surface area contributed by atoms with E-state index in [0.717, 1.165) is 5.56 Å². The highest BCUT2D eigenvalue weighted by molar-refractivity contribution is 6.18. The van der Waals surface area contributed by atoms with Gasteiger partial charge >= 0.3 is 6.09 Å². The number of ether oxygens (including phenoxy) is 1. The van der Waals surface area contributed by atoms with Crippen molar-refractivity contribution < 1.29 is 18.7 Å². The molecule has 0 aliphatic carbocycles. The Morgan fingerprint density at radius 2 is 1.88 bits per heavy atom. The van der Waals surface area contributed by atoms with Gasteiger partial charge in [0, 0.05) is 43.6 Å². The Morgan fingerprint density at radius 1 is 1.07 bits per heavy atom. The van der Waals surface area contributed by atoms with Gasteiger partial charge in [0.2, 0.25) is 5.89 Å². The second kappa shape index (κ2) is 12.5. The number of anilines is 1. The number of nitrogens with one attached hydrogen (secondary N) is 1. The molecule has 6 rings (SSSR count). The molecule has 1 fully saturated rings. The van der Waals surface area contributed by atoms with Crippen LogP contribution in [0, 0.1) is 0 Å². The van der Waals surface area contributed by atoms with E-state index in [9.17, 15) is 9.59 Å². The number of benzene rings is 2. The lowest BCUT2D eigenvalue weighted by atomic mass is 10.0. The van der Waals surface area contributed by atoms with Crippen LogP contribution in [0.4, 0.5) is 10.5 Å². The molecule has 0 spiro atoms. The molecule has 4 heterocycles. The molecule has 1 unspecified atom stereocenters. The van der Waals surface area contributed by atoms with Gasteiger partial charge in [-0.1, -0.05) is 30.3 Å². The number of hydrogen-bond acceptors (Lipinski definition) is 10. The number of alkyl halides is 1. The van der Waals surface area contributed by atoms with Crippen molar-refractivity contribution in [3.8, 4) is 11.5 Å². The van der Waals surface area contributed by atoms with Gasteiger partial charge in [-0.05, 0) is 41.1 Å². The number of carbonyl (C=O) groups is 2. The summed E-state index contributed by atoms with van der Waals surface area (Å²) >= 11 is 5.56. The molecule has 1 atom stereocenters. The van der Waals surface area contributed by atoms with Gasteiger partial charge in [0.15, 0.2) is 11.4 Å². The Labute approximate surface area is 251 Å². The lowest BCUT2D eigenvalue weighted by Gasteiger charge is -2.38. The standard InChI is InChI=1S/C29H28ClN9O4/c1-37-35-26(34-36-37)25(19-5-3-2-4-6-19)38-12-14-39(15-13-38)28(40)23-17-20(9-11-31-23)27-33-22-18-21(7-8-24(22)43-27)32-29(41)42-16-10-30/h2-9,11,17-18,25H,10,12-16H2,1H3,(H,32,41). The van der Waals surface area contributed by atoms with Crippen molar-refractivity contribution in [2.45, 2.75) is 6.04 Å². The molecule has 43 heavy (non-hydrogen) atoms. The Kier molecular flexibility index (Phi) is 8.24. The average molecular weight is 602 g/mol. The fourth-order valence-corrected chi connectivity index (χ4v) is 5.08. The summed E-state index contributed by atoms with van der Waals surface area (Å²) in [5, 5.41) is 15.4. The van der Waals surface area contributed by atoms with E-state index in [1.807, 2.05) is 18.2 Å². The summed E-state index contributed by atoms with van der Waals surface area (Å²) in [6, 6.07) is 18.4. The number of amides is 2. The molecule has 13 nitrogen and oxygen atoms in total. The zero-order chi connectivity index (χ0) is 29.8. The van der Waals surface area contributed by atoms with E-state index >= 15 is 0 Å². The maximum absolute atomic E-state index is 13.5. The number of nitrogens with zero attached hydrogens (tertiary/aromatic N) is 8. The van der Waals surface area contributed by atoms with Gasteiger partial charge in [-0.15, -0.1) is 21.8 Å². The molecule has 220 valence electrons. The number of pyridine rings is 1. The van der Waals surface area contributed by atoms with E-state index in [1.54, 1.807) is 48.5 Å². The summed E-state index contributed by atoms with van der Waals surface area (Å²) in [5.74, 6) is 0.992. The van der Waals surface area contributed by atoms with Gasteiger partial charge in [0.1, 0.15) is 17.8 Å². The number of carbonyl (C=O) groups excluding carboxylic acids is 2. The van der Waals surface area contributed by atoms with Crippen LogP contribution in [0.3, 0.4) is 0 Å². The molecule has 1 aliphatic rings. The first-order valence-corrected chi connectivity index (χ1v) is 14.2. The fraction of sp³-hybridized carbons (Fsp3) is 0.276. The molecular weight excluding hydrogens is 574 g/mol. The van der Waals surface area contributed by atoms with Gasteiger partial charge < -0.3 is 14.1 Å². The van der Waals surface area contributed by atoms with Gasteiger partial charge in [-0.2, -0.15) is 4.80 Å². The molecule has 0 radical (unpaired) electrons. The van der Waals surface area contributed by atoms with E-state index in [4.69, 9.17) is 20.8 Å². The summed E-state index contributed by atoms with van der Waals surface area (Å²) in [7, 11) is 1.75. The number of halogens is 1. The molecule has 2 aromatic carbocycles. The molecule has 1 N–H and O–H groups in total. The first-order valence-electron chi connectivity index (χ1n) is 13.7. The van der Waals surface area contributed by atoms with Crippen LogP contribution in [0.2, 0.25) is 0 Å². The highest BCUT2D eigenvalue weighted by Gasteiger charge is 2.31. The number of rotatable bonds is 8. The number of fused-ring (bicyclic) bond motifs is 1. The lowest BCUT2D eigenvalue weighted by Crippen LogP contribution is -2.50. The lowest BCUT2D eigenvalue weighted by molar-refractivity contribution is 0.0586. The predicted molar refractivity (Wildman–Crippen MR) is 157 cm³/mol. The van der Waals surface area contributed by atoms with Gasteiger partial charge in [0.25, 0.3) is 5.91 Å². The Bertz CT molecular complexity index is 1730. The van der Waals surface area contributed by atoms with Crippen LogP contribution in [-0.4, -0.2) is 90.6 Å². The van der Waals surface area contributed by atoms with Crippen LogP contribution < -0.4 is 5.32 Å². The number of piperazine rings is 1. The SMILES string of the molecule is Cn1nnc(C(c2ccccc2)N2CCN(C(=O)c3cc(-c4nc5cc(NC(=O)OCCCl)ccc5o4)ccn3)CC2)n1. The van der Waals surface area contributed by atoms with E-state index in [1.165, 1.54) is 4.80 Å². The van der Waals surface area contributed by atoms with E-state index in [-0.39, 0.29) is 24.4 Å². The first-order chi connectivity index (χ1) is 21.0. The first kappa shape index (κ1) is 28.2. The van der Waals surface area contributed by atoms with Crippen molar-refractivity contribution in [2.24, 2.45) is 7.05 Å². The molecule has 0 bridgehead atoms. The summed E-state index contributed by atoms with van der Waals surface area (Å²) < 4.78 is 10.9. The minimum atomic E-state index is -0.608. The summed E-state index contributed by atoms with van der Waals surface area (Å²) in [5.41, 5.74) is 3.55. The third-order valence-corrected chi connectivity index (χ3v) is 7.17. The molecule has 14 heteroatoms. The summed E-state index contributed by atoms with van der Waals surface area (Å²) in [6.07, 6.45) is 0.960. The molecular formula is C29H28ClN9O4. The van der Waals surface area contributed by atoms with Crippen LogP contribution in [-0.2, 0) is 11.8 Å². The number of aromatic nitrogens is 6. The topological polar surface area (TPSA) is 144 Å². The third-order valence-electron chi connectivity index (χ3n) is 7.02. The summed E-state index contributed by atoms with van der Waals surface area (Å²) in [4.78, 5) is 39.8. The van der Waals surface area contributed by atoms with Crippen LogP contribution in [0.15, 0.2) is 71.3 Å². The maximum atomic E-state index is 13.5. The highest BCUT2D eigenvalue weighted by Crippen LogP contribution is 2.29. The van der Waals surface area contributed by atoms with Crippen molar-refractivity contribution in [3.05, 3.63) is 83.9 Å². The molecule has 0 saturated carbocycles. The molecule has 1 saturated heterocycles. The third kappa shape index (κ3) is 6.32. The van der Waals surface area contributed by atoms with Crippen molar-refractivity contribution in [1.82, 2.24) is 40.0 Å². The van der Waals surface area contributed by atoms with E-state index < -0.39 is 6.09 Å². The minimum Gasteiger partial charge on any atom is -0.448 e. The number of hydrogen-bond donors (Lipinski definition) is 1. The average Bonchev–Trinajstić information content (AvgIpc) is 3.66. The van der Waals surface area contributed by atoms with Crippen molar-refractivity contribution in [1.29, 1.82) is 0 Å². The van der Waals surface area contributed by atoms with Gasteiger partial charge in [-0.25, -0.2) is 9.78 Å². The van der Waals surface area contributed by atoms with Crippen LogP contribution in [0.5, 0.6) is 0 Å². The van der Waals surface area contributed by atoms with E-state index in [0.29, 0.717) is 65.9 Å². The quantitative estimate of drug-likeness (QED) is 0.261. The Hall–Kier alpha value is -4.88. The second-order valence-electron chi connectivity index (χ2n) is 9.86. The van der Waals surface area contributed by atoms with Crippen LogP contribution in [0.1, 0.15) is 27.9 Å². The molecule has 2 amide bonds. The Balaban J connectivity index is 1.14. The second-order valence-corrected chi connectivity index (χ2v) is 10.2. The predicted octanol–water partition coefficient (Wildman–Crippen LogP) is 3.75. The minimum absolute atomic E-state index is 0.108. The van der Waals surface area contributed by atoms with Crippen molar-refractivity contribution in [3.63, 3.8) is 0 Å². The molecule has 1 aliphatic heterocycles. The monoisotopic (exact) mass is 601 g/mol. The largest absolute Gasteiger partial charge is 0.448 e. The highest BCUT2D eigenvalue weighted by atomic mass is 35.5. The number of tetrazole rings is 1. The van der Waals surface area contributed by atoms with E-state index in [2.05, 4.69) is 47.7 Å². The van der Waals surface area contributed by atoms with Crippen molar-refractivity contribution >= 4 is 40.4 Å². The molecule has 3 aromatic heterocycles. The zero-order valence-electron chi connectivity index (χ0n) is 23.3. The summed E-state index contributed by atoms with van der Waals surface area (Å²) in [6.45, 7) is 2.39. The van der Waals surface area contributed by atoms with Crippen LogP contribution in [0.25, 0.3) is 22.6 Å².